The molecule has 0 amide bonds. The molecule has 1 aromatic rings. The van der Waals surface area contributed by atoms with E-state index in [2.05, 4.69) is 24.4 Å². The topological polar surface area (TPSA) is 30.5 Å². The first-order chi connectivity index (χ1) is 9.31. The molecule has 0 bridgehead atoms. The molecule has 1 aromatic carbocycles. The van der Waals surface area contributed by atoms with Crippen molar-refractivity contribution in [3.63, 3.8) is 0 Å². The molecule has 0 aromatic heterocycles. The van der Waals surface area contributed by atoms with Crippen molar-refractivity contribution in [1.82, 2.24) is 5.32 Å². The lowest BCUT2D eigenvalue weighted by molar-refractivity contribution is 0.0169. The lowest BCUT2D eigenvalue weighted by Crippen LogP contribution is -2.48. The third kappa shape index (κ3) is 2.71. The van der Waals surface area contributed by atoms with E-state index in [1.165, 1.54) is 5.56 Å². The third-order valence-corrected chi connectivity index (χ3v) is 4.20. The van der Waals surface area contributed by atoms with Crippen molar-refractivity contribution < 1.29 is 9.47 Å². The summed E-state index contributed by atoms with van der Waals surface area (Å²) in [6.07, 6.45) is 5.54. The van der Waals surface area contributed by atoms with Gasteiger partial charge >= 0.3 is 0 Å². The van der Waals surface area contributed by atoms with E-state index in [0.29, 0.717) is 0 Å². The second kappa shape index (κ2) is 5.41. The minimum atomic E-state index is 0.0873. The zero-order valence-corrected chi connectivity index (χ0v) is 11.7. The van der Waals surface area contributed by atoms with Crippen LogP contribution in [0.25, 0.3) is 0 Å². The normalized spacial score (nSPS) is 20.7. The number of fused-ring (bicyclic) bond motifs is 1. The largest absolute Gasteiger partial charge is 0.494 e. The number of aryl methyl sites for hydroxylation is 1. The summed E-state index contributed by atoms with van der Waals surface area (Å²) in [5.74, 6) is 2.04. The Morgan fingerprint density at radius 2 is 2.11 bits per heavy atom. The first kappa shape index (κ1) is 12.8. The smallest absolute Gasteiger partial charge is 0.123 e. The Bertz CT molecular complexity index is 438. The fourth-order valence-electron chi connectivity index (χ4n) is 3.04. The molecule has 1 fully saturated rings. The van der Waals surface area contributed by atoms with E-state index in [1.54, 1.807) is 0 Å². The number of ether oxygens (including phenoxy) is 2. The number of nitrogens with one attached hydrogen (secondary N) is 1. The van der Waals surface area contributed by atoms with Crippen LogP contribution in [0.15, 0.2) is 18.2 Å². The van der Waals surface area contributed by atoms with Crippen molar-refractivity contribution in [2.24, 2.45) is 0 Å². The summed E-state index contributed by atoms with van der Waals surface area (Å²) >= 11 is 0. The van der Waals surface area contributed by atoms with Crippen LogP contribution in [0.2, 0.25) is 0 Å². The molecular formula is C16H23NO2. The van der Waals surface area contributed by atoms with Crippen molar-refractivity contribution in [3.8, 4) is 11.5 Å². The van der Waals surface area contributed by atoms with Crippen LogP contribution < -0.4 is 14.8 Å². The van der Waals surface area contributed by atoms with Crippen molar-refractivity contribution in [2.45, 2.75) is 44.6 Å². The molecule has 3 nitrogen and oxygen atoms in total. The van der Waals surface area contributed by atoms with Gasteiger partial charge in [0.2, 0.25) is 0 Å². The monoisotopic (exact) mass is 261 g/mol. The van der Waals surface area contributed by atoms with E-state index in [9.17, 15) is 0 Å². The zero-order valence-electron chi connectivity index (χ0n) is 11.7. The maximum atomic E-state index is 6.32. The highest BCUT2D eigenvalue weighted by atomic mass is 16.5. The molecule has 0 unspecified atom stereocenters. The third-order valence-electron chi connectivity index (χ3n) is 4.20. The lowest BCUT2D eigenvalue weighted by Gasteiger charge is -2.41. The highest BCUT2D eigenvalue weighted by Crippen LogP contribution is 2.39. The van der Waals surface area contributed by atoms with Gasteiger partial charge in [-0.05, 0) is 69.0 Å². The van der Waals surface area contributed by atoms with Gasteiger partial charge in [0.05, 0.1) is 6.61 Å². The van der Waals surface area contributed by atoms with Crippen LogP contribution in [0.1, 0.15) is 38.2 Å². The second-order valence-electron chi connectivity index (χ2n) is 5.65. The number of rotatable bonds is 3. The quantitative estimate of drug-likeness (QED) is 0.907. The molecule has 104 valence electrons. The van der Waals surface area contributed by atoms with Gasteiger partial charge in [0.15, 0.2) is 0 Å². The van der Waals surface area contributed by atoms with Gasteiger partial charge < -0.3 is 14.8 Å². The Labute approximate surface area is 115 Å². The van der Waals surface area contributed by atoms with Crippen molar-refractivity contribution in [3.05, 3.63) is 23.8 Å². The van der Waals surface area contributed by atoms with E-state index < -0.39 is 0 Å². The zero-order chi connectivity index (χ0) is 13.1. The molecule has 2 aliphatic rings. The van der Waals surface area contributed by atoms with Gasteiger partial charge in [0.1, 0.15) is 17.1 Å². The molecule has 3 rings (SSSR count). The molecule has 0 atom stereocenters. The van der Waals surface area contributed by atoms with Gasteiger partial charge in [-0.25, -0.2) is 0 Å². The number of hydrogen-bond acceptors (Lipinski definition) is 3. The highest BCUT2D eigenvalue weighted by Gasteiger charge is 2.37. The van der Waals surface area contributed by atoms with E-state index in [4.69, 9.17) is 9.47 Å². The SMILES string of the molecule is CCCOc1ccc2c(c1)CCC1(CCNCC1)O2. The number of benzene rings is 1. The van der Waals surface area contributed by atoms with Gasteiger partial charge in [-0.15, -0.1) is 0 Å². The van der Waals surface area contributed by atoms with Gasteiger partial charge in [-0.2, -0.15) is 0 Å². The predicted molar refractivity (Wildman–Crippen MR) is 76.0 cm³/mol. The predicted octanol–water partition coefficient (Wildman–Crippen LogP) is 2.92. The number of piperidine rings is 1. The van der Waals surface area contributed by atoms with E-state index >= 15 is 0 Å². The molecule has 2 heterocycles. The number of hydrogen-bond donors (Lipinski definition) is 1. The van der Waals surface area contributed by atoms with Crippen molar-refractivity contribution in [1.29, 1.82) is 0 Å². The van der Waals surface area contributed by atoms with Gasteiger partial charge in [-0.3, -0.25) is 0 Å². The van der Waals surface area contributed by atoms with Crippen LogP contribution in [0, 0.1) is 0 Å². The van der Waals surface area contributed by atoms with E-state index in [1.807, 2.05) is 6.07 Å². The molecule has 2 aliphatic heterocycles. The minimum absolute atomic E-state index is 0.0873. The molecule has 0 aliphatic carbocycles. The standard InChI is InChI=1S/C16H23NO2/c1-2-11-18-14-3-4-15-13(12-14)5-6-16(19-15)7-9-17-10-8-16/h3-4,12,17H,2,5-11H2,1H3. The molecule has 3 heteroatoms. The van der Waals surface area contributed by atoms with E-state index in [-0.39, 0.29) is 5.60 Å². The molecular weight excluding hydrogens is 238 g/mol. The molecule has 1 spiro atoms. The van der Waals surface area contributed by atoms with Gasteiger partial charge in [0, 0.05) is 0 Å². The summed E-state index contributed by atoms with van der Waals surface area (Å²) in [5.41, 5.74) is 1.39. The van der Waals surface area contributed by atoms with Gasteiger partial charge in [-0.1, -0.05) is 6.92 Å². The molecule has 0 radical (unpaired) electrons. The van der Waals surface area contributed by atoms with Gasteiger partial charge in [0.25, 0.3) is 0 Å². The average Bonchev–Trinajstić information content (AvgIpc) is 2.46. The molecule has 0 saturated carbocycles. The summed E-state index contributed by atoms with van der Waals surface area (Å²) in [4.78, 5) is 0. The summed E-state index contributed by atoms with van der Waals surface area (Å²) in [6, 6.07) is 6.27. The fraction of sp³-hybridized carbons (Fsp3) is 0.625. The Hall–Kier alpha value is -1.22. The maximum absolute atomic E-state index is 6.32. The summed E-state index contributed by atoms with van der Waals surface area (Å²) in [7, 11) is 0. The summed E-state index contributed by atoms with van der Waals surface area (Å²) < 4.78 is 12.0. The first-order valence-corrected chi connectivity index (χ1v) is 7.47. The Morgan fingerprint density at radius 1 is 1.26 bits per heavy atom. The van der Waals surface area contributed by atoms with Crippen LogP contribution in [0.3, 0.4) is 0 Å². The Balaban J connectivity index is 1.74. The van der Waals surface area contributed by atoms with E-state index in [0.717, 1.165) is 63.3 Å². The minimum Gasteiger partial charge on any atom is -0.494 e. The van der Waals surface area contributed by atoms with Crippen molar-refractivity contribution in [2.75, 3.05) is 19.7 Å². The lowest BCUT2D eigenvalue weighted by atomic mass is 9.84. The first-order valence-electron chi connectivity index (χ1n) is 7.47. The van der Waals surface area contributed by atoms with Crippen LogP contribution in [0.5, 0.6) is 11.5 Å². The summed E-state index contributed by atoms with van der Waals surface area (Å²) in [5, 5.41) is 3.41. The highest BCUT2D eigenvalue weighted by molar-refractivity contribution is 5.42. The average molecular weight is 261 g/mol. The summed E-state index contributed by atoms with van der Waals surface area (Å²) in [6.45, 7) is 5.07. The Kier molecular flexibility index (Phi) is 3.65. The van der Waals surface area contributed by atoms with Crippen LogP contribution in [0.4, 0.5) is 0 Å². The molecule has 1 saturated heterocycles. The van der Waals surface area contributed by atoms with Crippen molar-refractivity contribution >= 4 is 0 Å². The second-order valence-corrected chi connectivity index (χ2v) is 5.65. The molecule has 1 N–H and O–H groups in total. The Morgan fingerprint density at radius 3 is 2.89 bits per heavy atom. The fourth-order valence-corrected chi connectivity index (χ4v) is 3.04. The molecule has 19 heavy (non-hydrogen) atoms. The maximum Gasteiger partial charge on any atom is 0.123 e. The van der Waals surface area contributed by atoms with Crippen LogP contribution in [-0.2, 0) is 6.42 Å². The van der Waals surface area contributed by atoms with Crippen LogP contribution in [-0.4, -0.2) is 25.3 Å². The van der Waals surface area contributed by atoms with Crippen LogP contribution >= 0.6 is 0 Å².